The van der Waals surface area contributed by atoms with Crippen molar-refractivity contribution in [2.45, 2.75) is 50.8 Å². The van der Waals surface area contributed by atoms with Crippen molar-refractivity contribution in [3.63, 3.8) is 0 Å². The summed E-state index contributed by atoms with van der Waals surface area (Å²) in [6, 6.07) is 6.61. The van der Waals surface area contributed by atoms with Crippen LogP contribution in [0.2, 0.25) is 0 Å². The lowest BCUT2D eigenvalue weighted by Gasteiger charge is -2.08. The van der Waals surface area contributed by atoms with Crippen LogP contribution in [0, 0.1) is 13.8 Å². The van der Waals surface area contributed by atoms with E-state index in [9.17, 15) is 8.42 Å². The van der Waals surface area contributed by atoms with Crippen molar-refractivity contribution in [2.24, 2.45) is 0 Å². The average Bonchev–Trinajstić information content (AvgIpc) is 2.97. The van der Waals surface area contributed by atoms with Gasteiger partial charge in [0.2, 0.25) is 5.89 Å². The third kappa shape index (κ3) is 4.38. The average molecular weight is 361 g/mol. The fourth-order valence-electron chi connectivity index (χ4n) is 2.85. The smallest absolute Gasteiger partial charge is 0.296 e. The van der Waals surface area contributed by atoms with E-state index in [2.05, 4.69) is 11.1 Å². The van der Waals surface area contributed by atoms with Crippen LogP contribution in [-0.2, 0) is 20.7 Å². The quantitative estimate of drug-likeness (QED) is 0.721. The largest absolute Gasteiger partial charge is 0.442 e. The van der Waals surface area contributed by atoms with Gasteiger partial charge in [0.05, 0.1) is 17.2 Å². The number of aromatic nitrogens is 1. The highest BCUT2D eigenvalue weighted by Gasteiger charge is 2.18. The van der Waals surface area contributed by atoms with Crippen LogP contribution in [0.3, 0.4) is 0 Å². The first-order valence-electron chi connectivity index (χ1n) is 8.57. The predicted octanol–water partition coefficient (Wildman–Crippen LogP) is 4.20. The summed E-state index contributed by atoms with van der Waals surface area (Å²) in [7, 11) is -3.74. The van der Waals surface area contributed by atoms with E-state index in [4.69, 9.17) is 8.60 Å². The second kappa shape index (κ2) is 7.54. The molecule has 0 saturated carbocycles. The molecule has 1 heterocycles. The molecule has 1 aliphatic carbocycles. The Morgan fingerprint density at radius 2 is 1.92 bits per heavy atom. The number of rotatable bonds is 6. The molecule has 0 bridgehead atoms. The summed E-state index contributed by atoms with van der Waals surface area (Å²) < 4.78 is 35.3. The first-order valence-corrected chi connectivity index (χ1v) is 9.98. The number of hydrogen-bond donors (Lipinski definition) is 0. The Hall–Kier alpha value is -1.92. The molecule has 0 spiro atoms. The van der Waals surface area contributed by atoms with Crippen molar-refractivity contribution in [2.75, 3.05) is 6.61 Å². The molecule has 0 fully saturated rings. The standard InChI is InChI=1S/C19H23NO4S/c1-14-8-10-17(11-9-14)25(21,22)23-13-12-18-15(2)24-19(20-18)16-6-4-3-5-7-16/h6,8-11H,3-5,7,12-13H2,1-2H3. The molecule has 0 atom stereocenters. The summed E-state index contributed by atoms with van der Waals surface area (Å²) in [6.07, 6.45) is 6.98. The van der Waals surface area contributed by atoms with E-state index in [0.717, 1.165) is 41.9 Å². The zero-order valence-electron chi connectivity index (χ0n) is 14.6. The number of hydrogen-bond acceptors (Lipinski definition) is 5. The van der Waals surface area contributed by atoms with Gasteiger partial charge in [-0.1, -0.05) is 23.8 Å². The lowest BCUT2D eigenvalue weighted by atomic mass is 10.00. The lowest BCUT2D eigenvalue weighted by Crippen LogP contribution is -2.09. The Labute approximate surface area is 148 Å². The molecule has 0 radical (unpaired) electrons. The molecule has 0 unspecified atom stereocenters. The molecule has 0 amide bonds. The molecule has 134 valence electrons. The minimum atomic E-state index is -3.74. The molecule has 0 N–H and O–H groups in total. The zero-order valence-corrected chi connectivity index (χ0v) is 15.4. The molecule has 1 aromatic carbocycles. The van der Waals surface area contributed by atoms with Gasteiger partial charge < -0.3 is 4.42 Å². The minimum absolute atomic E-state index is 0.0437. The van der Waals surface area contributed by atoms with Crippen molar-refractivity contribution >= 4 is 15.7 Å². The van der Waals surface area contributed by atoms with E-state index in [0.29, 0.717) is 12.3 Å². The maximum absolute atomic E-state index is 12.2. The summed E-state index contributed by atoms with van der Waals surface area (Å²) in [5.41, 5.74) is 2.90. The van der Waals surface area contributed by atoms with Crippen molar-refractivity contribution in [1.82, 2.24) is 4.98 Å². The number of aryl methyl sites for hydroxylation is 2. The van der Waals surface area contributed by atoms with Crippen LogP contribution < -0.4 is 0 Å². The number of oxazole rings is 1. The number of allylic oxidation sites excluding steroid dienone is 2. The van der Waals surface area contributed by atoms with Crippen LogP contribution in [0.15, 0.2) is 39.7 Å². The van der Waals surface area contributed by atoms with E-state index in [1.165, 1.54) is 6.42 Å². The van der Waals surface area contributed by atoms with Gasteiger partial charge in [0.15, 0.2) is 0 Å². The van der Waals surface area contributed by atoms with Crippen molar-refractivity contribution in [3.8, 4) is 0 Å². The van der Waals surface area contributed by atoms with Crippen LogP contribution in [-0.4, -0.2) is 20.0 Å². The summed E-state index contributed by atoms with van der Waals surface area (Å²) in [6.45, 7) is 3.80. The first kappa shape index (κ1) is 17.9. The summed E-state index contributed by atoms with van der Waals surface area (Å²) in [4.78, 5) is 4.70. The second-order valence-corrected chi connectivity index (χ2v) is 7.95. The lowest BCUT2D eigenvalue weighted by molar-refractivity contribution is 0.320. The van der Waals surface area contributed by atoms with Crippen LogP contribution >= 0.6 is 0 Å². The molecular weight excluding hydrogens is 338 g/mol. The fraction of sp³-hybridized carbons (Fsp3) is 0.421. The summed E-state index contributed by atoms with van der Waals surface area (Å²) >= 11 is 0. The molecular formula is C19H23NO4S. The molecule has 25 heavy (non-hydrogen) atoms. The van der Waals surface area contributed by atoms with Gasteiger partial charge >= 0.3 is 0 Å². The molecule has 6 heteroatoms. The molecule has 5 nitrogen and oxygen atoms in total. The van der Waals surface area contributed by atoms with Gasteiger partial charge in [-0.15, -0.1) is 0 Å². The van der Waals surface area contributed by atoms with Crippen LogP contribution in [0.4, 0.5) is 0 Å². The molecule has 1 aromatic heterocycles. The number of nitrogens with zero attached hydrogens (tertiary/aromatic N) is 1. The third-order valence-corrected chi connectivity index (χ3v) is 5.67. The molecule has 0 aliphatic heterocycles. The Kier molecular flexibility index (Phi) is 5.39. The second-order valence-electron chi connectivity index (χ2n) is 6.34. The SMILES string of the molecule is Cc1ccc(S(=O)(=O)OCCc2nc(C3=CCCCC3)oc2C)cc1. The molecule has 0 saturated heterocycles. The maximum atomic E-state index is 12.2. The van der Waals surface area contributed by atoms with E-state index in [-0.39, 0.29) is 11.5 Å². The van der Waals surface area contributed by atoms with Gasteiger partial charge in [-0.3, -0.25) is 4.18 Å². The van der Waals surface area contributed by atoms with Gasteiger partial charge in [-0.05, 0) is 51.7 Å². The molecule has 2 aromatic rings. The predicted molar refractivity (Wildman–Crippen MR) is 95.7 cm³/mol. The van der Waals surface area contributed by atoms with Gasteiger partial charge in [0.25, 0.3) is 10.1 Å². The van der Waals surface area contributed by atoms with Crippen LogP contribution in [0.1, 0.15) is 48.6 Å². The summed E-state index contributed by atoms with van der Waals surface area (Å²) in [5, 5.41) is 0. The van der Waals surface area contributed by atoms with Crippen molar-refractivity contribution in [3.05, 3.63) is 53.2 Å². The first-order chi connectivity index (χ1) is 12.0. The summed E-state index contributed by atoms with van der Waals surface area (Å²) in [5.74, 6) is 1.38. The highest BCUT2D eigenvalue weighted by Crippen LogP contribution is 2.27. The monoisotopic (exact) mass is 361 g/mol. The molecule has 1 aliphatic rings. The Morgan fingerprint density at radius 1 is 1.16 bits per heavy atom. The normalized spacial score (nSPS) is 15.2. The highest BCUT2D eigenvalue weighted by molar-refractivity contribution is 7.86. The van der Waals surface area contributed by atoms with E-state index < -0.39 is 10.1 Å². The van der Waals surface area contributed by atoms with Gasteiger partial charge in [0, 0.05) is 12.0 Å². The van der Waals surface area contributed by atoms with Gasteiger partial charge in [0.1, 0.15) is 5.76 Å². The van der Waals surface area contributed by atoms with E-state index in [1.807, 2.05) is 13.8 Å². The maximum Gasteiger partial charge on any atom is 0.296 e. The topological polar surface area (TPSA) is 69.4 Å². The number of benzene rings is 1. The third-order valence-electron chi connectivity index (χ3n) is 4.35. The van der Waals surface area contributed by atoms with Crippen LogP contribution in [0.25, 0.3) is 5.57 Å². The van der Waals surface area contributed by atoms with Crippen LogP contribution in [0.5, 0.6) is 0 Å². The Morgan fingerprint density at radius 3 is 2.60 bits per heavy atom. The van der Waals surface area contributed by atoms with Gasteiger partial charge in [-0.2, -0.15) is 8.42 Å². The Bertz CT molecular complexity index is 863. The zero-order chi connectivity index (χ0) is 17.9. The van der Waals surface area contributed by atoms with E-state index >= 15 is 0 Å². The highest BCUT2D eigenvalue weighted by atomic mass is 32.2. The van der Waals surface area contributed by atoms with E-state index in [1.54, 1.807) is 24.3 Å². The molecule has 3 rings (SSSR count). The van der Waals surface area contributed by atoms with Crippen molar-refractivity contribution < 1.29 is 17.0 Å². The Balaban J connectivity index is 1.63. The minimum Gasteiger partial charge on any atom is -0.442 e. The fourth-order valence-corrected chi connectivity index (χ4v) is 3.76. The van der Waals surface area contributed by atoms with Crippen molar-refractivity contribution in [1.29, 1.82) is 0 Å². The van der Waals surface area contributed by atoms with Gasteiger partial charge in [-0.25, -0.2) is 4.98 Å².